The van der Waals surface area contributed by atoms with E-state index in [4.69, 9.17) is 4.42 Å². The molecule has 12 rings (SSSR count). The van der Waals surface area contributed by atoms with Gasteiger partial charge < -0.3 is 9.32 Å². The first-order valence-electron chi connectivity index (χ1n) is 21.3. The van der Waals surface area contributed by atoms with Crippen LogP contribution in [0.2, 0.25) is 0 Å². The number of fused-ring (bicyclic) bond motifs is 9. The minimum absolute atomic E-state index is 0.883. The Hall–Kier alpha value is -8.20. The molecule has 2 heteroatoms. The predicted octanol–water partition coefficient (Wildman–Crippen LogP) is 17.2. The standard InChI is InChI=1S/C60H39NO/c1-3-14-40(15-4-1)42-26-32-46(33-27-42)61(47-34-28-43(29-35-47)41-16-5-2-6-17-41)48-36-30-45(31-37-48)50-38-39-56-59(57(50)53-25-13-19-44-18-7-8-20-49(44)53)58-54-23-11-9-21-51(54)52-22-10-12-24-55(52)60(58)62-56/h1-39H. The van der Waals surface area contributed by atoms with Gasteiger partial charge in [-0.3, -0.25) is 0 Å². The summed E-state index contributed by atoms with van der Waals surface area (Å²) < 4.78 is 6.95. The second-order valence-electron chi connectivity index (χ2n) is 16.0. The molecule has 11 aromatic carbocycles. The topological polar surface area (TPSA) is 16.4 Å². The first-order chi connectivity index (χ1) is 30.8. The minimum Gasteiger partial charge on any atom is -0.455 e. The third kappa shape index (κ3) is 5.96. The van der Waals surface area contributed by atoms with Crippen molar-refractivity contribution in [2.24, 2.45) is 0 Å². The van der Waals surface area contributed by atoms with Crippen LogP contribution in [0.15, 0.2) is 241 Å². The van der Waals surface area contributed by atoms with Crippen LogP contribution >= 0.6 is 0 Å². The Morgan fingerprint density at radius 3 is 1.32 bits per heavy atom. The van der Waals surface area contributed by atoms with Crippen molar-refractivity contribution >= 4 is 71.3 Å². The summed E-state index contributed by atoms with van der Waals surface area (Å²) in [6, 6.07) is 85.2. The van der Waals surface area contributed by atoms with Gasteiger partial charge in [-0.1, -0.05) is 194 Å². The second kappa shape index (κ2) is 14.8. The Kier molecular flexibility index (Phi) is 8.53. The number of nitrogens with zero attached hydrogens (tertiary/aromatic N) is 1. The van der Waals surface area contributed by atoms with Crippen molar-refractivity contribution in [2.45, 2.75) is 0 Å². The number of hydrogen-bond acceptors (Lipinski definition) is 2. The Morgan fingerprint density at radius 2 is 0.726 bits per heavy atom. The molecule has 0 amide bonds. The van der Waals surface area contributed by atoms with E-state index in [1.165, 1.54) is 60.3 Å². The van der Waals surface area contributed by atoms with Crippen molar-refractivity contribution in [3.05, 3.63) is 237 Å². The monoisotopic (exact) mass is 789 g/mol. The average Bonchev–Trinajstić information content (AvgIpc) is 3.75. The first kappa shape index (κ1) is 35.7. The van der Waals surface area contributed by atoms with Gasteiger partial charge in [-0.05, 0) is 108 Å². The Labute approximate surface area is 360 Å². The summed E-state index contributed by atoms with van der Waals surface area (Å²) in [6.07, 6.45) is 0. The molecule has 12 aromatic rings. The zero-order valence-electron chi connectivity index (χ0n) is 33.9. The molecule has 0 fully saturated rings. The van der Waals surface area contributed by atoms with Gasteiger partial charge in [0.1, 0.15) is 11.2 Å². The van der Waals surface area contributed by atoms with Crippen LogP contribution in [0.3, 0.4) is 0 Å². The molecule has 0 bridgehead atoms. The van der Waals surface area contributed by atoms with Crippen LogP contribution in [-0.2, 0) is 0 Å². The highest BCUT2D eigenvalue weighted by Crippen LogP contribution is 2.49. The van der Waals surface area contributed by atoms with E-state index in [1.54, 1.807) is 0 Å². The highest BCUT2D eigenvalue weighted by molar-refractivity contribution is 6.33. The molecule has 1 aromatic heterocycles. The van der Waals surface area contributed by atoms with Crippen LogP contribution in [0.25, 0.3) is 98.8 Å². The summed E-state index contributed by atoms with van der Waals surface area (Å²) in [5.74, 6) is 0. The van der Waals surface area contributed by atoms with E-state index >= 15 is 0 Å². The molecule has 0 spiro atoms. The van der Waals surface area contributed by atoms with E-state index < -0.39 is 0 Å². The first-order valence-corrected chi connectivity index (χ1v) is 21.3. The van der Waals surface area contributed by atoms with Crippen LogP contribution in [0.1, 0.15) is 0 Å². The molecule has 0 N–H and O–H groups in total. The lowest BCUT2D eigenvalue weighted by molar-refractivity contribution is 0.673. The summed E-state index contributed by atoms with van der Waals surface area (Å²) in [6.45, 7) is 0. The lowest BCUT2D eigenvalue weighted by Gasteiger charge is -2.26. The normalized spacial score (nSPS) is 11.5. The minimum atomic E-state index is 0.883. The Bertz CT molecular complexity index is 3500. The van der Waals surface area contributed by atoms with Crippen LogP contribution in [0.5, 0.6) is 0 Å². The number of hydrogen-bond donors (Lipinski definition) is 0. The quantitative estimate of drug-likeness (QED) is 0.150. The van der Waals surface area contributed by atoms with Crippen molar-refractivity contribution < 1.29 is 4.42 Å². The molecule has 2 nitrogen and oxygen atoms in total. The second-order valence-corrected chi connectivity index (χ2v) is 16.0. The molecule has 0 aliphatic heterocycles. The average molecular weight is 790 g/mol. The number of anilines is 3. The zero-order chi connectivity index (χ0) is 41.0. The molecule has 0 radical (unpaired) electrons. The molecular weight excluding hydrogens is 751 g/mol. The molecule has 290 valence electrons. The van der Waals surface area contributed by atoms with E-state index in [9.17, 15) is 0 Å². The highest BCUT2D eigenvalue weighted by Gasteiger charge is 2.23. The maximum absolute atomic E-state index is 6.95. The number of benzene rings is 11. The van der Waals surface area contributed by atoms with Crippen LogP contribution in [0.4, 0.5) is 17.1 Å². The third-order valence-corrected chi connectivity index (χ3v) is 12.5. The van der Waals surface area contributed by atoms with Crippen LogP contribution < -0.4 is 4.90 Å². The van der Waals surface area contributed by atoms with Gasteiger partial charge >= 0.3 is 0 Å². The Morgan fingerprint density at radius 1 is 0.274 bits per heavy atom. The molecule has 62 heavy (non-hydrogen) atoms. The van der Waals surface area contributed by atoms with Gasteiger partial charge in [0.25, 0.3) is 0 Å². The fourth-order valence-corrected chi connectivity index (χ4v) is 9.56. The van der Waals surface area contributed by atoms with E-state index in [2.05, 4.69) is 241 Å². The zero-order valence-corrected chi connectivity index (χ0v) is 33.9. The fraction of sp³-hybridized carbons (Fsp3) is 0. The lowest BCUT2D eigenvalue weighted by atomic mass is 9.87. The number of furan rings is 1. The van der Waals surface area contributed by atoms with Gasteiger partial charge in [0.05, 0.1) is 0 Å². The number of rotatable bonds is 7. The molecule has 1 heterocycles. The summed E-state index contributed by atoms with van der Waals surface area (Å²) in [4.78, 5) is 2.35. The van der Waals surface area contributed by atoms with Gasteiger partial charge in [0.2, 0.25) is 0 Å². The summed E-state index contributed by atoms with van der Waals surface area (Å²) in [5.41, 5.74) is 14.5. The van der Waals surface area contributed by atoms with Gasteiger partial charge in [0, 0.05) is 38.8 Å². The molecular formula is C60H39NO. The lowest BCUT2D eigenvalue weighted by Crippen LogP contribution is -2.09. The molecule has 0 saturated heterocycles. The SMILES string of the molecule is c1ccc(-c2ccc(N(c3ccc(-c4ccccc4)cc3)c3ccc(-c4ccc5oc6c7ccccc7c7ccccc7c6c5c4-c4cccc5ccccc45)cc3)cc2)cc1. The Balaban J connectivity index is 1.06. The van der Waals surface area contributed by atoms with Crippen molar-refractivity contribution in [1.82, 2.24) is 0 Å². The molecule has 0 aliphatic carbocycles. The van der Waals surface area contributed by atoms with Crippen LogP contribution in [-0.4, -0.2) is 0 Å². The smallest absolute Gasteiger partial charge is 0.143 e. The van der Waals surface area contributed by atoms with Crippen LogP contribution in [0, 0.1) is 0 Å². The summed E-state index contributed by atoms with van der Waals surface area (Å²) in [7, 11) is 0. The van der Waals surface area contributed by atoms with Gasteiger partial charge in [-0.25, -0.2) is 0 Å². The van der Waals surface area contributed by atoms with Crippen molar-refractivity contribution in [3.8, 4) is 44.5 Å². The fourth-order valence-electron chi connectivity index (χ4n) is 9.56. The molecule has 0 saturated carbocycles. The molecule has 0 unspecified atom stereocenters. The maximum Gasteiger partial charge on any atom is 0.143 e. The van der Waals surface area contributed by atoms with Gasteiger partial charge in [0.15, 0.2) is 0 Å². The van der Waals surface area contributed by atoms with E-state index in [0.29, 0.717) is 0 Å². The third-order valence-electron chi connectivity index (χ3n) is 12.5. The van der Waals surface area contributed by atoms with E-state index in [1.807, 2.05) is 0 Å². The van der Waals surface area contributed by atoms with Crippen molar-refractivity contribution in [3.63, 3.8) is 0 Å². The van der Waals surface area contributed by atoms with E-state index in [0.717, 1.165) is 55.5 Å². The molecule has 0 atom stereocenters. The maximum atomic E-state index is 6.95. The van der Waals surface area contributed by atoms with Crippen molar-refractivity contribution in [1.29, 1.82) is 0 Å². The van der Waals surface area contributed by atoms with E-state index in [-0.39, 0.29) is 0 Å². The van der Waals surface area contributed by atoms with Gasteiger partial charge in [-0.15, -0.1) is 0 Å². The highest BCUT2D eigenvalue weighted by atomic mass is 16.3. The largest absolute Gasteiger partial charge is 0.455 e. The van der Waals surface area contributed by atoms with Gasteiger partial charge in [-0.2, -0.15) is 0 Å². The molecule has 0 aliphatic rings. The van der Waals surface area contributed by atoms with Crippen molar-refractivity contribution in [2.75, 3.05) is 4.90 Å². The summed E-state index contributed by atoms with van der Waals surface area (Å²) in [5, 5.41) is 9.46. The predicted molar refractivity (Wildman–Crippen MR) is 263 cm³/mol. The summed E-state index contributed by atoms with van der Waals surface area (Å²) >= 11 is 0.